The molecule has 0 atom stereocenters. The second-order valence-electron chi connectivity index (χ2n) is 3.31. The van der Waals surface area contributed by atoms with Crippen molar-refractivity contribution in [1.82, 2.24) is 0 Å². The van der Waals surface area contributed by atoms with Crippen LogP contribution in [0.4, 0.5) is 0 Å². The van der Waals surface area contributed by atoms with Crippen LogP contribution in [0.2, 0.25) is 0 Å². The molecule has 0 fully saturated rings. The standard InChI is InChI=1S/C8H12S.CO2/c1-8(2,3)7-5-4-6-9-7;2-1-3/h4-6H,1-3H3;. The van der Waals surface area contributed by atoms with Gasteiger partial charge in [-0.05, 0) is 16.9 Å². The highest BCUT2D eigenvalue weighted by molar-refractivity contribution is 7.10. The van der Waals surface area contributed by atoms with Crippen LogP contribution in [0.3, 0.4) is 0 Å². The van der Waals surface area contributed by atoms with E-state index < -0.39 is 0 Å². The molecule has 0 aromatic carbocycles. The lowest BCUT2D eigenvalue weighted by Gasteiger charge is -2.14. The predicted octanol–water partition coefficient (Wildman–Crippen LogP) is 2.46. The average molecular weight is 184 g/mol. The molecular formula is C9H12O2S. The van der Waals surface area contributed by atoms with Crippen LogP contribution in [0, 0.1) is 0 Å². The lowest BCUT2D eigenvalue weighted by molar-refractivity contribution is -0.191. The van der Waals surface area contributed by atoms with Gasteiger partial charge in [-0.1, -0.05) is 26.8 Å². The Morgan fingerprint density at radius 3 is 2.00 bits per heavy atom. The fourth-order valence-corrected chi connectivity index (χ4v) is 1.52. The van der Waals surface area contributed by atoms with Crippen LogP contribution < -0.4 is 0 Å². The molecule has 1 aromatic rings. The number of hydrogen-bond acceptors (Lipinski definition) is 3. The molecule has 1 aromatic heterocycles. The number of rotatable bonds is 0. The van der Waals surface area contributed by atoms with E-state index in [-0.39, 0.29) is 6.15 Å². The number of hydrogen-bond donors (Lipinski definition) is 0. The normalized spacial score (nSPS) is 9.58. The van der Waals surface area contributed by atoms with Gasteiger partial charge in [-0.15, -0.1) is 11.3 Å². The molecule has 0 saturated heterocycles. The second-order valence-corrected chi connectivity index (χ2v) is 4.26. The van der Waals surface area contributed by atoms with Crippen LogP contribution in [0.25, 0.3) is 0 Å². The van der Waals surface area contributed by atoms with Crippen molar-refractivity contribution in [2.75, 3.05) is 0 Å². The minimum Gasteiger partial charge on any atom is -0.186 e. The predicted molar refractivity (Wildman–Crippen MR) is 48.0 cm³/mol. The van der Waals surface area contributed by atoms with Crippen molar-refractivity contribution in [3.8, 4) is 0 Å². The van der Waals surface area contributed by atoms with E-state index in [1.807, 2.05) is 11.3 Å². The second kappa shape index (κ2) is 4.86. The van der Waals surface area contributed by atoms with Crippen molar-refractivity contribution >= 4 is 17.5 Å². The summed E-state index contributed by atoms with van der Waals surface area (Å²) >= 11 is 1.83. The Kier molecular flexibility index (Phi) is 4.49. The first kappa shape index (κ1) is 11.1. The van der Waals surface area contributed by atoms with Crippen molar-refractivity contribution in [2.24, 2.45) is 0 Å². The van der Waals surface area contributed by atoms with Crippen molar-refractivity contribution in [3.63, 3.8) is 0 Å². The van der Waals surface area contributed by atoms with Gasteiger partial charge in [0.2, 0.25) is 0 Å². The minimum atomic E-state index is 0.250. The maximum Gasteiger partial charge on any atom is 0.373 e. The van der Waals surface area contributed by atoms with Gasteiger partial charge in [-0.3, -0.25) is 0 Å². The molecule has 0 saturated carbocycles. The van der Waals surface area contributed by atoms with Gasteiger partial charge < -0.3 is 0 Å². The highest BCUT2D eigenvalue weighted by atomic mass is 32.1. The van der Waals surface area contributed by atoms with Gasteiger partial charge in [0.1, 0.15) is 0 Å². The monoisotopic (exact) mass is 184 g/mol. The molecular weight excluding hydrogens is 172 g/mol. The summed E-state index contributed by atoms with van der Waals surface area (Å²) < 4.78 is 0. The van der Waals surface area contributed by atoms with E-state index in [4.69, 9.17) is 9.59 Å². The van der Waals surface area contributed by atoms with E-state index in [1.54, 1.807) is 0 Å². The smallest absolute Gasteiger partial charge is 0.186 e. The number of thiophene rings is 1. The van der Waals surface area contributed by atoms with Gasteiger partial charge in [-0.2, -0.15) is 9.59 Å². The van der Waals surface area contributed by atoms with Crippen molar-refractivity contribution in [2.45, 2.75) is 26.2 Å². The van der Waals surface area contributed by atoms with Gasteiger partial charge >= 0.3 is 6.15 Å². The molecule has 2 nitrogen and oxygen atoms in total. The maximum atomic E-state index is 8.12. The zero-order valence-corrected chi connectivity index (χ0v) is 8.27. The fourth-order valence-electron chi connectivity index (χ4n) is 0.705. The van der Waals surface area contributed by atoms with Crippen LogP contribution in [0.15, 0.2) is 17.5 Å². The summed E-state index contributed by atoms with van der Waals surface area (Å²) in [6.45, 7) is 6.70. The van der Waals surface area contributed by atoms with Gasteiger partial charge in [0, 0.05) is 4.88 Å². The van der Waals surface area contributed by atoms with E-state index in [2.05, 4.69) is 38.3 Å². The van der Waals surface area contributed by atoms with Crippen LogP contribution in [0.1, 0.15) is 25.6 Å². The third kappa shape index (κ3) is 4.06. The summed E-state index contributed by atoms with van der Waals surface area (Å²) in [5.41, 5.74) is 0.341. The molecule has 0 N–H and O–H groups in total. The summed E-state index contributed by atoms with van der Waals surface area (Å²) in [7, 11) is 0. The molecule has 0 aliphatic rings. The largest absolute Gasteiger partial charge is 0.373 e. The summed E-state index contributed by atoms with van der Waals surface area (Å²) in [6.07, 6.45) is 0.250. The molecule has 1 heterocycles. The highest BCUT2D eigenvalue weighted by Gasteiger charge is 2.13. The van der Waals surface area contributed by atoms with Crippen molar-refractivity contribution in [3.05, 3.63) is 22.4 Å². The summed E-state index contributed by atoms with van der Waals surface area (Å²) in [5.74, 6) is 0. The average Bonchev–Trinajstić information content (AvgIpc) is 2.36. The van der Waals surface area contributed by atoms with Gasteiger partial charge in [0.15, 0.2) is 0 Å². The van der Waals surface area contributed by atoms with E-state index >= 15 is 0 Å². The molecule has 0 radical (unpaired) electrons. The Bertz CT molecular complexity index is 238. The first-order valence-electron chi connectivity index (χ1n) is 3.55. The third-order valence-corrected chi connectivity index (χ3v) is 2.56. The molecule has 12 heavy (non-hydrogen) atoms. The Morgan fingerprint density at radius 2 is 1.83 bits per heavy atom. The van der Waals surface area contributed by atoms with Gasteiger partial charge in [0.05, 0.1) is 0 Å². The van der Waals surface area contributed by atoms with E-state index in [9.17, 15) is 0 Å². The topological polar surface area (TPSA) is 34.1 Å². The highest BCUT2D eigenvalue weighted by Crippen LogP contribution is 2.25. The quantitative estimate of drug-likeness (QED) is 0.620. The van der Waals surface area contributed by atoms with Gasteiger partial charge in [0.25, 0.3) is 0 Å². The fraction of sp³-hybridized carbons (Fsp3) is 0.444. The van der Waals surface area contributed by atoms with E-state index in [0.717, 1.165) is 0 Å². The molecule has 0 bridgehead atoms. The Hall–Kier alpha value is -0.920. The SMILES string of the molecule is CC(C)(C)c1cccs1.O=C=O. The van der Waals surface area contributed by atoms with E-state index in [1.165, 1.54) is 4.88 Å². The van der Waals surface area contributed by atoms with E-state index in [0.29, 0.717) is 5.41 Å². The third-order valence-electron chi connectivity index (χ3n) is 1.26. The minimum absolute atomic E-state index is 0.250. The first-order valence-corrected chi connectivity index (χ1v) is 4.43. The lowest BCUT2D eigenvalue weighted by Crippen LogP contribution is -2.07. The molecule has 0 amide bonds. The summed E-state index contributed by atoms with van der Waals surface area (Å²) in [5, 5.41) is 2.13. The summed E-state index contributed by atoms with van der Waals surface area (Å²) in [4.78, 5) is 17.7. The van der Waals surface area contributed by atoms with Crippen molar-refractivity contribution in [1.29, 1.82) is 0 Å². The van der Waals surface area contributed by atoms with Gasteiger partial charge in [-0.25, -0.2) is 0 Å². The first-order chi connectivity index (χ1) is 5.52. The molecule has 1 rings (SSSR count). The molecule has 0 aliphatic carbocycles. The summed E-state index contributed by atoms with van der Waals surface area (Å²) in [6, 6.07) is 4.29. The Morgan fingerprint density at radius 1 is 1.33 bits per heavy atom. The Balaban J connectivity index is 0.000000354. The van der Waals surface area contributed by atoms with Crippen LogP contribution >= 0.6 is 11.3 Å². The Labute approximate surface area is 76.2 Å². The molecule has 0 aliphatic heterocycles. The number of carbonyl (C=O) groups excluding carboxylic acids is 2. The van der Waals surface area contributed by atoms with Crippen LogP contribution in [-0.2, 0) is 15.0 Å². The van der Waals surface area contributed by atoms with Crippen LogP contribution in [-0.4, -0.2) is 6.15 Å². The maximum absolute atomic E-state index is 8.12. The molecule has 3 heteroatoms. The van der Waals surface area contributed by atoms with Crippen LogP contribution in [0.5, 0.6) is 0 Å². The molecule has 0 spiro atoms. The zero-order valence-electron chi connectivity index (χ0n) is 7.46. The molecule has 0 unspecified atom stereocenters. The zero-order chi connectivity index (χ0) is 9.61. The molecule has 66 valence electrons. The lowest BCUT2D eigenvalue weighted by atomic mass is 9.95. The van der Waals surface area contributed by atoms with Crippen molar-refractivity contribution < 1.29 is 9.59 Å².